The zero-order valence-electron chi connectivity index (χ0n) is 19.1. The van der Waals surface area contributed by atoms with Gasteiger partial charge in [-0.1, -0.05) is 64.0 Å². The summed E-state index contributed by atoms with van der Waals surface area (Å²) in [5.41, 5.74) is 7.72. The molecular formula is C25H34ClFN4O. The summed E-state index contributed by atoms with van der Waals surface area (Å²) in [6.45, 7) is 5.38. The van der Waals surface area contributed by atoms with Crippen LogP contribution in [-0.2, 0) is 11.3 Å². The molecule has 1 fully saturated rings. The molecule has 5 nitrogen and oxygen atoms in total. The number of carbonyl (C=O) groups is 1. The minimum atomic E-state index is -0.503. The molecule has 1 amide bonds. The van der Waals surface area contributed by atoms with E-state index in [1.165, 1.54) is 44.2 Å². The largest absolute Gasteiger partial charge is 0.331 e. The molecule has 2 N–H and O–H groups in total. The smallest absolute Gasteiger partial charge is 0.240 e. The Bertz CT molecular complexity index is 935. The van der Waals surface area contributed by atoms with Gasteiger partial charge in [0.05, 0.1) is 17.8 Å². The van der Waals surface area contributed by atoms with Crippen LogP contribution in [0.1, 0.15) is 70.7 Å². The fourth-order valence-electron chi connectivity index (χ4n) is 5.15. The number of hydrogen-bond acceptors (Lipinski definition) is 3. The van der Waals surface area contributed by atoms with Crippen LogP contribution in [0.15, 0.2) is 24.4 Å². The number of nitrogens with two attached hydrogens (primary N) is 1. The Balaban J connectivity index is 1.68. The number of benzene rings is 1. The molecule has 2 aliphatic rings. The third-order valence-electron chi connectivity index (χ3n) is 7.33. The molecule has 4 rings (SSSR count). The quantitative estimate of drug-likeness (QED) is 0.612. The second-order valence-corrected chi connectivity index (χ2v) is 9.97. The van der Waals surface area contributed by atoms with Crippen molar-refractivity contribution in [2.24, 2.45) is 17.6 Å². The van der Waals surface area contributed by atoms with Crippen LogP contribution in [-0.4, -0.2) is 32.9 Å². The average Bonchev–Trinajstić information content (AvgIpc) is 3.23. The highest BCUT2D eigenvalue weighted by Gasteiger charge is 2.37. The zero-order chi connectivity index (χ0) is 22.8. The second kappa shape index (κ2) is 9.92. The number of fused-ring (bicyclic) bond motifs is 1. The van der Waals surface area contributed by atoms with Crippen molar-refractivity contribution in [1.82, 2.24) is 14.5 Å². The predicted molar refractivity (Wildman–Crippen MR) is 126 cm³/mol. The van der Waals surface area contributed by atoms with E-state index < -0.39 is 6.04 Å². The minimum Gasteiger partial charge on any atom is -0.331 e. The molecule has 0 spiro atoms. The Morgan fingerprint density at radius 3 is 2.69 bits per heavy atom. The van der Waals surface area contributed by atoms with E-state index in [2.05, 4.69) is 11.5 Å². The van der Waals surface area contributed by atoms with Crippen LogP contribution in [0.4, 0.5) is 4.39 Å². The Morgan fingerprint density at radius 2 is 2.00 bits per heavy atom. The van der Waals surface area contributed by atoms with Gasteiger partial charge >= 0.3 is 0 Å². The lowest BCUT2D eigenvalue weighted by Gasteiger charge is -2.40. The first-order valence-corrected chi connectivity index (χ1v) is 12.3. The summed E-state index contributed by atoms with van der Waals surface area (Å²) in [4.78, 5) is 20.3. The molecule has 2 heterocycles. The summed E-state index contributed by atoms with van der Waals surface area (Å²) < 4.78 is 16.1. The summed E-state index contributed by atoms with van der Waals surface area (Å²) in [6, 6.07) is 3.88. The van der Waals surface area contributed by atoms with Crippen LogP contribution >= 0.6 is 11.6 Å². The number of amides is 1. The van der Waals surface area contributed by atoms with E-state index in [-0.39, 0.29) is 23.7 Å². The molecule has 32 heavy (non-hydrogen) atoms. The summed E-state index contributed by atoms with van der Waals surface area (Å²) in [5, 5.41) is 0.348. The summed E-state index contributed by atoms with van der Waals surface area (Å²) in [6.07, 6.45) is 9.92. The van der Waals surface area contributed by atoms with Crippen molar-refractivity contribution < 1.29 is 9.18 Å². The Morgan fingerprint density at radius 1 is 1.25 bits per heavy atom. The molecule has 0 saturated heterocycles. The number of carbonyl (C=O) groups excluding carboxylic acids is 1. The molecule has 1 aromatic carbocycles. The minimum absolute atomic E-state index is 0.0183. The van der Waals surface area contributed by atoms with Crippen LogP contribution in [0.25, 0.3) is 11.3 Å². The number of imidazole rings is 1. The molecule has 0 bridgehead atoms. The van der Waals surface area contributed by atoms with Crippen molar-refractivity contribution in [3.05, 3.63) is 41.1 Å². The van der Waals surface area contributed by atoms with Crippen molar-refractivity contribution >= 4 is 17.5 Å². The van der Waals surface area contributed by atoms with E-state index >= 15 is 0 Å². The Labute approximate surface area is 195 Å². The lowest BCUT2D eigenvalue weighted by molar-refractivity contribution is -0.138. The van der Waals surface area contributed by atoms with E-state index in [4.69, 9.17) is 22.3 Å². The highest BCUT2D eigenvalue weighted by Crippen LogP contribution is 2.38. The third kappa shape index (κ3) is 4.86. The Kier molecular flexibility index (Phi) is 7.21. The van der Waals surface area contributed by atoms with Crippen LogP contribution in [0.2, 0.25) is 5.02 Å². The molecule has 174 valence electrons. The van der Waals surface area contributed by atoms with Gasteiger partial charge in [0.15, 0.2) is 0 Å². The molecule has 1 aliphatic carbocycles. The molecule has 2 aromatic rings. The van der Waals surface area contributed by atoms with Gasteiger partial charge in [-0.2, -0.15) is 0 Å². The molecule has 7 heteroatoms. The van der Waals surface area contributed by atoms with Crippen molar-refractivity contribution in [3.63, 3.8) is 0 Å². The topological polar surface area (TPSA) is 64.2 Å². The average molecular weight is 461 g/mol. The van der Waals surface area contributed by atoms with E-state index in [0.717, 1.165) is 18.7 Å². The van der Waals surface area contributed by atoms with Gasteiger partial charge in [-0.15, -0.1) is 0 Å². The molecule has 0 unspecified atom stereocenters. The number of hydrogen-bond donors (Lipinski definition) is 1. The van der Waals surface area contributed by atoms with Crippen LogP contribution in [0.3, 0.4) is 0 Å². The van der Waals surface area contributed by atoms with Crippen molar-refractivity contribution in [3.8, 4) is 11.3 Å². The molecule has 3 atom stereocenters. The standard InChI is InChI=1S/C25H34ClFN4O/c1-3-16(2)23(28)25(32)31-10-9-30-15-21(18-12-19(26)14-20(27)13-18)29-24(30)22(31)11-17-7-5-4-6-8-17/h12-17,22-23H,3-11,28H2,1-2H3/t16-,22-,23-/m0/s1. The van der Waals surface area contributed by atoms with Gasteiger partial charge in [-0.05, 0) is 36.5 Å². The fraction of sp³-hybridized carbons (Fsp3) is 0.600. The normalized spacial score (nSPS) is 21.3. The first kappa shape index (κ1) is 23.2. The molecule has 0 radical (unpaired) electrons. The van der Waals surface area contributed by atoms with E-state index in [9.17, 15) is 9.18 Å². The van der Waals surface area contributed by atoms with Crippen LogP contribution in [0, 0.1) is 17.7 Å². The van der Waals surface area contributed by atoms with Crippen molar-refractivity contribution in [1.29, 1.82) is 0 Å². The first-order chi connectivity index (χ1) is 15.4. The van der Waals surface area contributed by atoms with Crippen LogP contribution < -0.4 is 5.73 Å². The highest BCUT2D eigenvalue weighted by molar-refractivity contribution is 6.30. The lowest BCUT2D eigenvalue weighted by Crippen LogP contribution is -2.51. The van der Waals surface area contributed by atoms with Gasteiger partial charge in [0, 0.05) is 29.9 Å². The van der Waals surface area contributed by atoms with Gasteiger partial charge in [0.25, 0.3) is 0 Å². The predicted octanol–water partition coefficient (Wildman–Crippen LogP) is 5.57. The summed E-state index contributed by atoms with van der Waals surface area (Å²) in [7, 11) is 0. The number of rotatable bonds is 6. The lowest BCUT2D eigenvalue weighted by atomic mass is 9.83. The van der Waals surface area contributed by atoms with E-state index in [1.54, 1.807) is 6.07 Å². The monoisotopic (exact) mass is 460 g/mol. The van der Waals surface area contributed by atoms with Gasteiger partial charge < -0.3 is 15.2 Å². The zero-order valence-corrected chi connectivity index (χ0v) is 19.8. The van der Waals surface area contributed by atoms with Gasteiger partial charge in [-0.3, -0.25) is 4.79 Å². The van der Waals surface area contributed by atoms with Crippen molar-refractivity contribution in [2.75, 3.05) is 6.54 Å². The molecule has 1 saturated carbocycles. The van der Waals surface area contributed by atoms with Gasteiger partial charge in [0.1, 0.15) is 11.6 Å². The Hall–Kier alpha value is -1.92. The molecule has 1 aliphatic heterocycles. The molecular weight excluding hydrogens is 427 g/mol. The van der Waals surface area contributed by atoms with E-state index in [0.29, 0.717) is 35.3 Å². The number of halogens is 2. The second-order valence-electron chi connectivity index (χ2n) is 9.53. The molecule has 1 aromatic heterocycles. The summed E-state index contributed by atoms with van der Waals surface area (Å²) >= 11 is 6.09. The fourth-order valence-corrected chi connectivity index (χ4v) is 5.37. The maximum absolute atomic E-state index is 14.0. The number of aromatic nitrogens is 2. The van der Waals surface area contributed by atoms with E-state index in [1.807, 2.05) is 18.0 Å². The highest BCUT2D eigenvalue weighted by atomic mass is 35.5. The summed E-state index contributed by atoms with van der Waals surface area (Å²) in [5.74, 6) is 1.23. The maximum atomic E-state index is 14.0. The maximum Gasteiger partial charge on any atom is 0.240 e. The third-order valence-corrected chi connectivity index (χ3v) is 7.55. The number of nitrogens with zero attached hydrogens (tertiary/aromatic N) is 3. The van der Waals surface area contributed by atoms with Crippen LogP contribution in [0.5, 0.6) is 0 Å². The van der Waals surface area contributed by atoms with Gasteiger partial charge in [0.2, 0.25) is 5.91 Å². The SMILES string of the molecule is CC[C@H](C)[C@H](N)C(=O)N1CCn2cc(-c3cc(F)cc(Cl)c3)nc2[C@@H]1CC1CCCCC1. The van der Waals surface area contributed by atoms with Gasteiger partial charge in [-0.25, -0.2) is 9.37 Å². The first-order valence-electron chi connectivity index (χ1n) is 12.0. The van der Waals surface area contributed by atoms with Crippen molar-refractivity contribution in [2.45, 2.75) is 77.4 Å².